The highest BCUT2D eigenvalue weighted by molar-refractivity contribution is 8.01. The van der Waals surface area contributed by atoms with Gasteiger partial charge in [-0.05, 0) is 12.1 Å². The predicted octanol–water partition coefficient (Wildman–Crippen LogP) is 2.45. The van der Waals surface area contributed by atoms with Gasteiger partial charge in [0, 0.05) is 5.69 Å². The maximum atomic E-state index is 11.8. The van der Waals surface area contributed by atoms with Crippen LogP contribution in [0.5, 0.6) is 0 Å². The van der Waals surface area contributed by atoms with Crippen LogP contribution in [-0.2, 0) is 9.59 Å². The summed E-state index contributed by atoms with van der Waals surface area (Å²) in [7, 11) is 0. The van der Waals surface area contributed by atoms with Gasteiger partial charge in [0.05, 0.1) is 5.75 Å². The van der Waals surface area contributed by atoms with Crippen molar-refractivity contribution >= 4 is 57.3 Å². The molecule has 2 rings (SSSR count). The van der Waals surface area contributed by atoms with E-state index in [4.69, 9.17) is 11.6 Å². The monoisotopic (exact) mass is 342 g/mol. The third-order valence-corrected chi connectivity index (χ3v) is 4.37. The number of carbonyl (C=O) groups is 2. The molecular formula is C12H11ClN4O2S2. The normalized spacial score (nSPS) is 10.1. The van der Waals surface area contributed by atoms with Gasteiger partial charge in [0.2, 0.25) is 16.9 Å². The van der Waals surface area contributed by atoms with Gasteiger partial charge in [-0.25, -0.2) is 0 Å². The minimum atomic E-state index is -0.341. The number of halogens is 1. The van der Waals surface area contributed by atoms with Crippen molar-refractivity contribution in [2.45, 2.75) is 4.34 Å². The van der Waals surface area contributed by atoms with Gasteiger partial charge in [-0.1, -0.05) is 41.3 Å². The second-order valence-corrected chi connectivity index (χ2v) is 6.23. The number of rotatable bonds is 6. The molecule has 0 radical (unpaired) electrons. The Morgan fingerprint density at radius 1 is 1.14 bits per heavy atom. The summed E-state index contributed by atoms with van der Waals surface area (Å²) in [6.07, 6.45) is 0. The van der Waals surface area contributed by atoms with E-state index in [1.54, 1.807) is 0 Å². The first kappa shape index (κ1) is 15.7. The molecule has 0 saturated heterocycles. The maximum Gasteiger partial charge on any atom is 0.241 e. The molecule has 0 atom stereocenters. The Hall–Kier alpha value is -1.64. The van der Waals surface area contributed by atoms with E-state index in [0.29, 0.717) is 9.47 Å². The van der Waals surface area contributed by atoms with E-state index in [2.05, 4.69) is 20.8 Å². The van der Waals surface area contributed by atoms with Crippen LogP contribution in [0.1, 0.15) is 0 Å². The third-order valence-electron chi connectivity index (χ3n) is 2.16. The zero-order chi connectivity index (χ0) is 15.1. The first-order valence-electron chi connectivity index (χ1n) is 5.84. The van der Waals surface area contributed by atoms with Crippen molar-refractivity contribution in [2.24, 2.45) is 0 Å². The van der Waals surface area contributed by atoms with E-state index < -0.39 is 0 Å². The molecule has 9 heteroatoms. The number of anilines is 2. The Balaban J connectivity index is 1.80. The number of thioether (sulfide) groups is 1. The summed E-state index contributed by atoms with van der Waals surface area (Å²) in [5, 5.41) is 13.3. The summed E-state index contributed by atoms with van der Waals surface area (Å²) in [4.78, 5) is 22.8. The molecule has 1 heterocycles. The molecule has 0 aliphatic rings. The molecule has 0 saturated carbocycles. The van der Waals surface area contributed by atoms with E-state index >= 15 is 0 Å². The molecule has 0 aliphatic carbocycles. The number of carbonyl (C=O) groups excluding carboxylic acids is 2. The standard InChI is InChI=1S/C12H11ClN4O2S2/c13-6-9(18)15-11-16-17-12(21-11)20-7-10(19)14-8-4-2-1-3-5-8/h1-5H,6-7H2,(H,14,19)(H,15,16,18). The molecule has 1 aromatic heterocycles. The fourth-order valence-electron chi connectivity index (χ4n) is 1.32. The van der Waals surface area contributed by atoms with Crippen LogP contribution in [-0.4, -0.2) is 33.6 Å². The predicted molar refractivity (Wildman–Crippen MR) is 85.1 cm³/mol. The molecule has 6 nitrogen and oxygen atoms in total. The van der Waals surface area contributed by atoms with Gasteiger partial charge < -0.3 is 5.32 Å². The van der Waals surface area contributed by atoms with Gasteiger partial charge in [0.1, 0.15) is 5.88 Å². The lowest BCUT2D eigenvalue weighted by atomic mass is 10.3. The van der Waals surface area contributed by atoms with E-state index in [0.717, 1.165) is 5.69 Å². The van der Waals surface area contributed by atoms with Crippen molar-refractivity contribution in [3.8, 4) is 0 Å². The summed E-state index contributed by atoms with van der Waals surface area (Å²) < 4.78 is 0.600. The topological polar surface area (TPSA) is 84.0 Å². The molecule has 2 N–H and O–H groups in total. The quantitative estimate of drug-likeness (QED) is 0.478. The maximum absolute atomic E-state index is 11.8. The van der Waals surface area contributed by atoms with Crippen molar-refractivity contribution in [1.29, 1.82) is 0 Å². The van der Waals surface area contributed by atoms with Gasteiger partial charge in [0.25, 0.3) is 0 Å². The summed E-state index contributed by atoms with van der Waals surface area (Å²) in [5.74, 6) is -0.395. The number of alkyl halides is 1. The summed E-state index contributed by atoms with van der Waals surface area (Å²) in [5.41, 5.74) is 0.746. The number of benzene rings is 1. The summed E-state index contributed by atoms with van der Waals surface area (Å²) in [6, 6.07) is 9.20. The zero-order valence-corrected chi connectivity index (χ0v) is 13.1. The Bertz CT molecular complexity index is 621. The Labute approximate surface area is 134 Å². The molecule has 0 aliphatic heterocycles. The highest BCUT2D eigenvalue weighted by Crippen LogP contribution is 2.25. The SMILES string of the molecule is O=C(CSc1nnc(NC(=O)CCl)s1)Nc1ccccc1. The number of para-hydroxylation sites is 1. The zero-order valence-electron chi connectivity index (χ0n) is 10.7. The first-order valence-corrected chi connectivity index (χ1v) is 8.18. The number of hydrogen-bond donors (Lipinski definition) is 2. The van der Waals surface area contributed by atoms with Crippen LogP contribution in [0, 0.1) is 0 Å². The lowest BCUT2D eigenvalue weighted by Crippen LogP contribution is -2.13. The molecule has 0 fully saturated rings. The number of nitrogens with one attached hydrogen (secondary N) is 2. The van der Waals surface area contributed by atoms with Crippen LogP contribution in [0.4, 0.5) is 10.8 Å². The largest absolute Gasteiger partial charge is 0.325 e. The van der Waals surface area contributed by atoms with Gasteiger partial charge >= 0.3 is 0 Å². The molecule has 110 valence electrons. The highest BCUT2D eigenvalue weighted by Gasteiger charge is 2.10. The smallest absolute Gasteiger partial charge is 0.241 e. The highest BCUT2D eigenvalue weighted by atomic mass is 35.5. The van der Waals surface area contributed by atoms with Crippen LogP contribution in [0.15, 0.2) is 34.7 Å². The van der Waals surface area contributed by atoms with Crippen molar-refractivity contribution in [2.75, 3.05) is 22.3 Å². The van der Waals surface area contributed by atoms with Crippen LogP contribution in [0.25, 0.3) is 0 Å². The van der Waals surface area contributed by atoms with E-state index in [1.165, 1.54) is 23.1 Å². The number of amides is 2. The van der Waals surface area contributed by atoms with Crippen molar-refractivity contribution in [3.63, 3.8) is 0 Å². The lowest BCUT2D eigenvalue weighted by molar-refractivity contribution is -0.114. The molecule has 2 amide bonds. The minimum absolute atomic E-state index is 0.132. The molecule has 2 aromatic rings. The van der Waals surface area contributed by atoms with Crippen LogP contribution >= 0.6 is 34.7 Å². The number of aromatic nitrogens is 2. The molecule has 0 spiro atoms. The summed E-state index contributed by atoms with van der Waals surface area (Å²) in [6.45, 7) is 0. The van der Waals surface area contributed by atoms with Crippen molar-refractivity contribution in [3.05, 3.63) is 30.3 Å². The summed E-state index contributed by atoms with van der Waals surface area (Å²) >= 11 is 7.82. The van der Waals surface area contributed by atoms with E-state index in [-0.39, 0.29) is 23.4 Å². The fourth-order valence-corrected chi connectivity index (χ4v) is 2.95. The molecule has 0 bridgehead atoms. The minimum Gasteiger partial charge on any atom is -0.325 e. The van der Waals surface area contributed by atoms with Crippen LogP contribution in [0.2, 0.25) is 0 Å². The second kappa shape index (κ2) is 7.96. The van der Waals surface area contributed by atoms with E-state index in [9.17, 15) is 9.59 Å². The van der Waals surface area contributed by atoms with Gasteiger partial charge in [-0.2, -0.15) is 0 Å². The number of hydrogen-bond acceptors (Lipinski definition) is 6. The van der Waals surface area contributed by atoms with Crippen LogP contribution < -0.4 is 10.6 Å². The third kappa shape index (κ3) is 5.33. The van der Waals surface area contributed by atoms with Crippen molar-refractivity contribution < 1.29 is 9.59 Å². The Morgan fingerprint density at radius 3 is 2.62 bits per heavy atom. The fraction of sp³-hybridized carbons (Fsp3) is 0.167. The lowest BCUT2D eigenvalue weighted by Gasteiger charge is -2.02. The average molecular weight is 343 g/mol. The van der Waals surface area contributed by atoms with Gasteiger partial charge in [0.15, 0.2) is 4.34 Å². The molecule has 1 aromatic carbocycles. The molecule has 21 heavy (non-hydrogen) atoms. The second-order valence-electron chi connectivity index (χ2n) is 3.76. The first-order chi connectivity index (χ1) is 10.2. The van der Waals surface area contributed by atoms with Gasteiger partial charge in [-0.3, -0.25) is 14.9 Å². The Kier molecular flexibility index (Phi) is 5.97. The average Bonchev–Trinajstić information content (AvgIpc) is 2.93. The van der Waals surface area contributed by atoms with Gasteiger partial charge in [-0.15, -0.1) is 21.8 Å². The van der Waals surface area contributed by atoms with Crippen LogP contribution in [0.3, 0.4) is 0 Å². The van der Waals surface area contributed by atoms with E-state index in [1.807, 2.05) is 30.3 Å². The number of nitrogens with zero attached hydrogens (tertiary/aromatic N) is 2. The van der Waals surface area contributed by atoms with Crippen molar-refractivity contribution in [1.82, 2.24) is 10.2 Å². The Morgan fingerprint density at radius 2 is 1.90 bits per heavy atom. The molecule has 0 unspecified atom stereocenters. The molecular weight excluding hydrogens is 332 g/mol.